The fraction of sp³-hybridized carbons (Fsp3) is 0.118. The van der Waals surface area contributed by atoms with Gasteiger partial charge in [-0.25, -0.2) is 4.79 Å². The topological polar surface area (TPSA) is 63.0 Å². The van der Waals surface area contributed by atoms with Gasteiger partial charge in [0.25, 0.3) is 0 Å². The average Bonchev–Trinajstić information content (AvgIpc) is 3.00. The average molecular weight is 350 g/mol. The van der Waals surface area contributed by atoms with Gasteiger partial charge in [0.2, 0.25) is 0 Å². The molecule has 0 fully saturated rings. The van der Waals surface area contributed by atoms with Gasteiger partial charge in [-0.05, 0) is 42.0 Å². The van der Waals surface area contributed by atoms with Crippen molar-refractivity contribution in [3.05, 3.63) is 66.0 Å². The van der Waals surface area contributed by atoms with E-state index in [9.17, 15) is 23.1 Å². The van der Waals surface area contributed by atoms with Crippen LogP contribution >= 0.6 is 0 Å². The van der Waals surface area contributed by atoms with Crippen molar-refractivity contribution in [2.75, 3.05) is 5.32 Å². The first-order valence-electron chi connectivity index (χ1n) is 7.25. The Morgan fingerprint density at radius 2 is 1.84 bits per heavy atom. The van der Waals surface area contributed by atoms with Crippen molar-refractivity contribution in [3.63, 3.8) is 0 Å². The lowest BCUT2D eigenvalue weighted by molar-refractivity contribution is -0.274. The van der Waals surface area contributed by atoms with E-state index < -0.39 is 12.3 Å². The van der Waals surface area contributed by atoms with Crippen LogP contribution in [0.1, 0.15) is 16.1 Å². The van der Waals surface area contributed by atoms with Crippen molar-refractivity contribution in [1.29, 1.82) is 0 Å². The van der Waals surface area contributed by atoms with Crippen molar-refractivity contribution < 1.29 is 27.8 Å². The number of anilines is 1. The van der Waals surface area contributed by atoms with Gasteiger partial charge in [-0.3, -0.25) is 0 Å². The van der Waals surface area contributed by atoms with E-state index in [1.54, 1.807) is 34.9 Å². The molecule has 3 aromatic rings. The lowest BCUT2D eigenvalue weighted by atomic mass is 10.2. The Hall–Kier alpha value is -3.16. The van der Waals surface area contributed by atoms with Gasteiger partial charge in [0, 0.05) is 18.3 Å². The molecule has 5 nitrogen and oxygen atoms in total. The molecule has 0 aliphatic heterocycles. The molecule has 25 heavy (non-hydrogen) atoms. The molecule has 0 unspecified atom stereocenters. The summed E-state index contributed by atoms with van der Waals surface area (Å²) in [6.07, 6.45) is -3.09. The molecule has 0 radical (unpaired) electrons. The van der Waals surface area contributed by atoms with Gasteiger partial charge in [0.05, 0.1) is 5.69 Å². The number of nitrogens with one attached hydrogen (secondary N) is 1. The van der Waals surface area contributed by atoms with E-state index in [2.05, 4.69) is 10.1 Å². The van der Waals surface area contributed by atoms with Gasteiger partial charge in [-0.1, -0.05) is 12.1 Å². The number of carbonyl (C=O) groups is 1. The molecule has 0 aliphatic carbocycles. The van der Waals surface area contributed by atoms with Gasteiger partial charge in [0.1, 0.15) is 5.75 Å². The highest BCUT2D eigenvalue weighted by atomic mass is 19.4. The van der Waals surface area contributed by atoms with Crippen LogP contribution in [-0.2, 0) is 6.54 Å². The number of fused-ring (bicyclic) bond motifs is 1. The van der Waals surface area contributed by atoms with Crippen molar-refractivity contribution in [2.24, 2.45) is 0 Å². The Morgan fingerprint density at radius 3 is 2.48 bits per heavy atom. The van der Waals surface area contributed by atoms with Crippen LogP contribution in [0.25, 0.3) is 5.52 Å². The molecule has 2 N–H and O–H groups in total. The van der Waals surface area contributed by atoms with Crippen LogP contribution in [0.2, 0.25) is 0 Å². The molecule has 0 saturated heterocycles. The summed E-state index contributed by atoms with van der Waals surface area (Å²) in [6.45, 7) is 0.249. The Bertz CT molecular complexity index is 902. The molecule has 0 atom stereocenters. The number of hydrogen-bond donors (Lipinski definition) is 2. The van der Waals surface area contributed by atoms with Gasteiger partial charge >= 0.3 is 12.3 Å². The number of carboxylic acids is 1. The Labute approximate surface area is 140 Å². The summed E-state index contributed by atoms with van der Waals surface area (Å²) < 4.78 is 41.8. The maximum atomic E-state index is 12.1. The number of aromatic nitrogens is 1. The lowest BCUT2D eigenvalue weighted by Crippen LogP contribution is -2.17. The van der Waals surface area contributed by atoms with E-state index in [1.165, 1.54) is 24.3 Å². The highest BCUT2D eigenvalue weighted by Gasteiger charge is 2.30. The van der Waals surface area contributed by atoms with Crippen LogP contribution < -0.4 is 10.1 Å². The summed E-state index contributed by atoms with van der Waals surface area (Å²) >= 11 is 0. The van der Waals surface area contributed by atoms with Crippen LogP contribution in [0.5, 0.6) is 5.75 Å². The first-order valence-corrected chi connectivity index (χ1v) is 7.25. The lowest BCUT2D eigenvalue weighted by Gasteiger charge is -2.13. The second-order valence-corrected chi connectivity index (χ2v) is 5.25. The molecule has 2 aromatic heterocycles. The second-order valence-electron chi connectivity index (χ2n) is 5.25. The van der Waals surface area contributed by atoms with Crippen molar-refractivity contribution in [3.8, 4) is 5.75 Å². The number of nitrogens with zero attached hydrogens (tertiary/aromatic N) is 1. The number of benzene rings is 1. The molecule has 2 heterocycles. The Balaban J connectivity index is 1.76. The third kappa shape index (κ3) is 3.85. The third-order valence-electron chi connectivity index (χ3n) is 3.54. The standard InChI is InChI=1S/C17H13F3N2O3/c18-17(19,20)25-13-6-3-11(4-7-13)10-21-14-8-5-12-2-1-9-22(12)15(14)16(23)24/h1-9,21H,10H2,(H,23,24). The summed E-state index contributed by atoms with van der Waals surface area (Å²) in [4.78, 5) is 11.5. The Morgan fingerprint density at radius 1 is 1.12 bits per heavy atom. The molecular formula is C17H13F3N2O3. The second kappa shape index (κ2) is 6.39. The number of carboxylic acid groups (broad SMARTS) is 1. The van der Waals surface area contributed by atoms with E-state index in [1.807, 2.05) is 0 Å². The predicted molar refractivity (Wildman–Crippen MR) is 84.8 cm³/mol. The first-order chi connectivity index (χ1) is 11.8. The summed E-state index contributed by atoms with van der Waals surface area (Å²) in [6, 6.07) is 12.3. The maximum Gasteiger partial charge on any atom is 0.573 e. The molecule has 130 valence electrons. The molecule has 1 aromatic carbocycles. The van der Waals surface area contributed by atoms with E-state index >= 15 is 0 Å². The summed E-state index contributed by atoms with van der Waals surface area (Å²) in [5.74, 6) is -1.39. The SMILES string of the molecule is O=C(O)c1c(NCc2ccc(OC(F)(F)F)cc2)ccc2cccn12. The molecule has 0 amide bonds. The zero-order chi connectivity index (χ0) is 18.0. The fourth-order valence-electron chi connectivity index (χ4n) is 2.48. The normalized spacial score (nSPS) is 11.5. The molecular weight excluding hydrogens is 337 g/mol. The maximum absolute atomic E-state index is 12.1. The third-order valence-corrected chi connectivity index (χ3v) is 3.54. The van der Waals surface area contributed by atoms with Crippen LogP contribution in [-0.4, -0.2) is 21.8 Å². The number of halogens is 3. The van der Waals surface area contributed by atoms with Gasteiger partial charge in [-0.2, -0.15) is 0 Å². The molecule has 8 heteroatoms. The van der Waals surface area contributed by atoms with E-state index in [0.29, 0.717) is 11.3 Å². The highest BCUT2D eigenvalue weighted by molar-refractivity contribution is 5.93. The quantitative estimate of drug-likeness (QED) is 0.726. The number of aromatic carboxylic acids is 1. The smallest absolute Gasteiger partial charge is 0.476 e. The largest absolute Gasteiger partial charge is 0.573 e. The number of alkyl halides is 3. The highest BCUT2D eigenvalue weighted by Crippen LogP contribution is 2.24. The summed E-state index contributed by atoms with van der Waals surface area (Å²) in [5, 5.41) is 12.4. The van der Waals surface area contributed by atoms with E-state index in [4.69, 9.17) is 0 Å². The van der Waals surface area contributed by atoms with Gasteiger partial charge in [-0.15, -0.1) is 13.2 Å². The van der Waals surface area contributed by atoms with Crippen molar-refractivity contribution >= 4 is 17.2 Å². The minimum Gasteiger partial charge on any atom is -0.476 e. The van der Waals surface area contributed by atoms with E-state index in [0.717, 1.165) is 5.52 Å². The Kier molecular flexibility index (Phi) is 4.26. The first kappa shape index (κ1) is 16.7. The van der Waals surface area contributed by atoms with Crippen LogP contribution in [0.15, 0.2) is 54.7 Å². The molecule has 0 bridgehead atoms. The summed E-state index contributed by atoms with van der Waals surface area (Å²) in [5.41, 5.74) is 1.92. The van der Waals surface area contributed by atoms with Gasteiger partial charge in [0.15, 0.2) is 5.69 Å². The monoisotopic (exact) mass is 350 g/mol. The van der Waals surface area contributed by atoms with Crippen LogP contribution in [0.3, 0.4) is 0 Å². The van der Waals surface area contributed by atoms with Crippen molar-refractivity contribution in [1.82, 2.24) is 4.40 Å². The molecule has 3 rings (SSSR count). The number of rotatable bonds is 5. The molecule has 0 spiro atoms. The molecule has 0 aliphatic rings. The fourth-order valence-corrected chi connectivity index (χ4v) is 2.48. The van der Waals surface area contributed by atoms with Crippen molar-refractivity contribution in [2.45, 2.75) is 12.9 Å². The molecule has 0 saturated carbocycles. The number of pyridine rings is 1. The van der Waals surface area contributed by atoms with Crippen LogP contribution in [0, 0.1) is 0 Å². The van der Waals surface area contributed by atoms with Gasteiger partial charge < -0.3 is 19.6 Å². The zero-order valence-corrected chi connectivity index (χ0v) is 12.7. The predicted octanol–water partition coefficient (Wildman–Crippen LogP) is 4.15. The number of ether oxygens (including phenoxy) is 1. The zero-order valence-electron chi connectivity index (χ0n) is 12.7. The number of hydrogen-bond acceptors (Lipinski definition) is 3. The van der Waals surface area contributed by atoms with Crippen LogP contribution in [0.4, 0.5) is 18.9 Å². The summed E-state index contributed by atoms with van der Waals surface area (Å²) in [7, 11) is 0. The van der Waals surface area contributed by atoms with E-state index in [-0.39, 0.29) is 18.0 Å². The minimum atomic E-state index is -4.73. The minimum absolute atomic E-state index is 0.0829.